The molecule has 73 heavy (non-hydrogen) atoms. The lowest BCUT2D eigenvalue weighted by atomic mass is 10.00. The topological polar surface area (TPSA) is 202 Å². The van der Waals surface area contributed by atoms with Crippen molar-refractivity contribution in [1.82, 2.24) is 40.5 Å². The minimum absolute atomic E-state index is 0.0729. The Morgan fingerprint density at radius 3 is 2.14 bits per heavy atom. The Morgan fingerprint density at radius 1 is 0.836 bits per heavy atom. The van der Waals surface area contributed by atoms with E-state index >= 15 is 13.6 Å². The van der Waals surface area contributed by atoms with Crippen molar-refractivity contribution >= 4 is 86.4 Å². The number of halogens is 4. The zero-order valence-corrected chi connectivity index (χ0v) is 46.2. The Morgan fingerprint density at radius 2 is 1.47 bits per heavy atom. The summed E-state index contributed by atoms with van der Waals surface area (Å²) in [7, 11) is 1.35. The molecule has 0 aliphatic carbocycles. The number of alkyl halides is 2. The van der Waals surface area contributed by atoms with E-state index in [0.717, 1.165) is 15.4 Å². The molecule has 5 rings (SSSR count). The molecule has 17 nitrogen and oxygen atoms in total. The van der Waals surface area contributed by atoms with Crippen LogP contribution in [0.15, 0.2) is 80.8 Å². The van der Waals surface area contributed by atoms with E-state index in [1.165, 1.54) is 27.8 Å². The third-order valence-electron chi connectivity index (χ3n) is 11.2. The van der Waals surface area contributed by atoms with Gasteiger partial charge in [0.15, 0.2) is 0 Å². The number of carbonyl (C=O) groups is 6. The summed E-state index contributed by atoms with van der Waals surface area (Å²) in [4.78, 5) is 85.0. The standard InChI is InChI=1S/C51H68BrClF2N8O9S/c1-48(2,3)70-45(67)56-24-15-18-36-41(64)60-37(21-23-51(54,55)30-59-46(68)71-49(4,5)6)43(66)61(10)39(26-32-29-62(47(69)72-50(7,8)9)38-19-13-12-17-33(32)38)42(65)58-28-34-35(52)22-25-63(53)44(34)73-40-20-14-11-16-31(40)27-57-36/h11-14,16-17,19-20,22,29,36-37,39,57H,15,18,21,23-28,30H2,1-10H3,(H,56,67)(H,58,65)(H,59,68)(H,60,64)/t36-,37-,39-/m0/s1. The second-order valence-corrected chi connectivity index (χ2v) is 23.1. The quantitative estimate of drug-likeness (QED) is 0.0695. The molecule has 0 bridgehead atoms. The van der Waals surface area contributed by atoms with Crippen molar-refractivity contribution in [2.45, 2.75) is 147 Å². The molecule has 1 aromatic heterocycles. The van der Waals surface area contributed by atoms with Crippen LogP contribution in [0.5, 0.6) is 0 Å². The summed E-state index contributed by atoms with van der Waals surface area (Å²) in [5.41, 5.74) is -0.217. The van der Waals surface area contributed by atoms with Gasteiger partial charge in [0.05, 0.1) is 29.7 Å². The molecule has 0 saturated heterocycles. The number of ether oxygens (including phenoxy) is 3. The molecule has 5 N–H and O–H groups in total. The third-order valence-corrected chi connectivity index (χ3v) is 13.7. The zero-order chi connectivity index (χ0) is 54.1. The lowest BCUT2D eigenvalue weighted by Gasteiger charge is -2.32. The zero-order valence-electron chi connectivity index (χ0n) is 43.0. The van der Waals surface area contributed by atoms with Gasteiger partial charge in [0.1, 0.15) is 28.9 Å². The summed E-state index contributed by atoms with van der Waals surface area (Å²) in [6, 6.07) is 10.4. The molecule has 3 atom stereocenters. The van der Waals surface area contributed by atoms with E-state index in [4.69, 9.17) is 26.0 Å². The van der Waals surface area contributed by atoms with Gasteiger partial charge in [0.2, 0.25) is 17.7 Å². The summed E-state index contributed by atoms with van der Waals surface area (Å²) < 4.78 is 51.3. The van der Waals surface area contributed by atoms with Gasteiger partial charge in [-0.25, -0.2) is 23.2 Å². The van der Waals surface area contributed by atoms with Crippen molar-refractivity contribution in [1.29, 1.82) is 0 Å². The number of amides is 5. The van der Waals surface area contributed by atoms with Crippen LogP contribution >= 0.6 is 39.5 Å². The summed E-state index contributed by atoms with van der Waals surface area (Å²) in [5.74, 6) is -5.83. The minimum Gasteiger partial charge on any atom is -0.444 e. The molecular weight excluding hydrogens is 1050 g/mol. The van der Waals surface area contributed by atoms with Crippen molar-refractivity contribution < 1.29 is 51.8 Å². The smallest absolute Gasteiger partial charge is 0.419 e. The number of rotatable bonds is 11. The highest BCUT2D eigenvalue weighted by Crippen LogP contribution is 2.40. The fourth-order valence-corrected chi connectivity index (χ4v) is 9.76. The lowest BCUT2D eigenvalue weighted by Crippen LogP contribution is -2.57. The summed E-state index contributed by atoms with van der Waals surface area (Å²) in [6.07, 6.45) is -0.435. The predicted octanol–water partition coefficient (Wildman–Crippen LogP) is 8.86. The van der Waals surface area contributed by atoms with Crippen LogP contribution in [-0.4, -0.2) is 124 Å². The largest absolute Gasteiger partial charge is 0.444 e. The Bertz CT molecular complexity index is 2570. The molecule has 0 unspecified atom stereocenters. The molecule has 3 heterocycles. The number of fused-ring (bicyclic) bond motifs is 2. The predicted molar refractivity (Wildman–Crippen MR) is 280 cm³/mol. The first-order chi connectivity index (χ1) is 34.0. The number of alkyl carbamates (subject to hydrolysis) is 2. The highest BCUT2D eigenvalue weighted by atomic mass is 79.9. The van der Waals surface area contributed by atoms with Gasteiger partial charge in [-0.15, -0.1) is 0 Å². The van der Waals surface area contributed by atoms with E-state index in [2.05, 4.69) is 42.5 Å². The van der Waals surface area contributed by atoms with Gasteiger partial charge < -0.3 is 45.7 Å². The number of aromatic nitrogens is 1. The van der Waals surface area contributed by atoms with E-state index in [-0.39, 0.29) is 38.9 Å². The van der Waals surface area contributed by atoms with Crippen LogP contribution in [-0.2, 0) is 41.6 Å². The first kappa shape index (κ1) is 58.5. The van der Waals surface area contributed by atoms with Crippen molar-refractivity contribution in [3.8, 4) is 0 Å². The maximum absolute atomic E-state index is 15.8. The fourth-order valence-electron chi connectivity index (χ4n) is 7.78. The van der Waals surface area contributed by atoms with Gasteiger partial charge in [-0.05, 0) is 111 Å². The number of benzene rings is 2. The van der Waals surface area contributed by atoms with Crippen molar-refractivity contribution in [2.24, 2.45) is 0 Å². The van der Waals surface area contributed by atoms with E-state index in [9.17, 15) is 24.0 Å². The Balaban J connectivity index is 1.60. The van der Waals surface area contributed by atoms with Gasteiger partial charge in [-0.2, -0.15) is 0 Å². The lowest BCUT2D eigenvalue weighted by molar-refractivity contribution is -0.142. The average Bonchev–Trinajstić information content (AvgIpc) is 3.66. The first-order valence-corrected chi connectivity index (χ1v) is 26.0. The first-order valence-electron chi connectivity index (χ1n) is 24.0. The number of nitrogens with one attached hydrogen (secondary N) is 5. The minimum atomic E-state index is -3.59. The van der Waals surface area contributed by atoms with Crippen LogP contribution in [0.25, 0.3) is 10.9 Å². The molecule has 0 fully saturated rings. The molecule has 2 aliphatic rings. The molecule has 2 aliphatic heterocycles. The maximum atomic E-state index is 15.8. The fraction of sp³-hybridized carbons (Fsp3) is 0.529. The number of likely N-dealkylation sites (N-methyl/N-ethyl adjacent to an activating group) is 1. The SMILES string of the molecule is CN1C(=O)[C@H](CCC(F)(F)CNC(=O)OC(C)(C)C)NC(=O)[C@H](CCCNC(=O)OC(C)(C)C)NCc2ccccc2SC2=C(CNC(=O)[C@@H]1Cc1cn(C(=O)OC(C)(C)C)c3ccccc13)C(Br)=CCN2Cl. The molecule has 400 valence electrons. The molecule has 3 aromatic rings. The van der Waals surface area contributed by atoms with Crippen molar-refractivity contribution in [2.75, 3.05) is 33.2 Å². The maximum Gasteiger partial charge on any atom is 0.419 e. The number of hydrogen-bond donors (Lipinski definition) is 5. The number of hydrogen-bond acceptors (Lipinski definition) is 12. The Labute approximate surface area is 443 Å². The molecular formula is C51H68BrClF2N8O9S. The molecule has 0 saturated carbocycles. The number of nitrogens with zero attached hydrogens (tertiary/aromatic N) is 3. The number of carbonyl (C=O) groups excluding carboxylic acids is 6. The van der Waals surface area contributed by atoms with Gasteiger partial charge in [0, 0.05) is 77.8 Å². The van der Waals surface area contributed by atoms with Crippen LogP contribution in [0.1, 0.15) is 99.1 Å². The summed E-state index contributed by atoms with van der Waals surface area (Å²) >= 11 is 11.9. The molecule has 0 radical (unpaired) electrons. The average molecular weight is 1120 g/mol. The van der Waals surface area contributed by atoms with Gasteiger partial charge in [-0.3, -0.25) is 23.4 Å². The van der Waals surface area contributed by atoms with Gasteiger partial charge in [0.25, 0.3) is 5.92 Å². The molecule has 5 amide bonds. The van der Waals surface area contributed by atoms with Crippen LogP contribution in [0, 0.1) is 0 Å². The van der Waals surface area contributed by atoms with Gasteiger partial charge in [-0.1, -0.05) is 64.1 Å². The molecule has 2 aromatic carbocycles. The second-order valence-electron chi connectivity index (χ2n) is 20.8. The van der Waals surface area contributed by atoms with Crippen LogP contribution < -0.4 is 26.6 Å². The normalized spacial score (nSPS) is 19.0. The van der Waals surface area contributed by atoms with Crippen LogP contribution in [0.4, 0.5) is 23.2 Å². The van der Waals surface area contributed by atoms with Crippen LogP contribution in [0.3, 0.4) is 0 Å². The van der Waals surface area contributed by atoms with Crippen molar-refractivity contribution in [3.05, 3.63) is 87.0 Å². The number of thioether (sulfide) groups is 1. The third kappa shape index (κ3) is 17.6. The molecule has 22 heteroatoms. The van der Waals surface area contributed by atoms with Crippen molar-refractivity contribution in [3.63, 3.8) is 0 Å². The van der Waals surface area contributed by atoms with Crippen LogP contribution in [0.2, 0.25) is 0 Å². The van der Waals surface area contributed by atoms with E-state index < -0.39 is 96.2 Å². The Kier molecular flexibility index (Phi) is 19.9. The summed E-state index contributed by atoms with van der Waals surface area (Å²) in [6.45, 7) is 14.5. The van der Waals surface area contributed by atoms with E-state index in [0.29, 0.717) is 38.1 Å². The highest BCUT2D eigenvalue weighted by Gasteiger charge is 2.39. The molecule has 0 spiro atoms. The van der Waals surface area contributed by atoms with E-state index in [1.807, 2.05) is 30.3 Å². The summed E-state index contributed by atoms with van der Waals surface area (Å²) in [5, 5.41) is 15.0. The monoisotopic (exact) mass is 1120 g/mol. The van der Waals surface area contributed by atoms with E-state index in [1.54, 1.807) is 92.8 Å². The highest BCUT2D eigenvalue weighted by molar-refractivity contribution is 9.12. The number of para-hydroxylation sites is 1. The Hall–Kier alpha value is -5.38. The van der Waals surface area contributed by atoms with Gasteiger partial charge >= 0.3 is 18.3 Å². The second kappa shape index (κ2) is 24.8.